The number of rotatable bonds is 10. The lowest BCUT2D eigenvalue weighted by molar-refractivity contribution is 0.0370. The van der Waals surface area contributed by atoms with Gasteiger partial charge in [0.2, 0.25) is 0 Å². The summed E-state index contributed by atoms with van der Waals surface area (Å²) in [4.78, 5) is 0. The van der Waals surface area contributed by atoms with Gasteiger partial charge in [0.05, 0.1) is 32.5 Å². The minimum atomic E-state index is -2.92. The zero-order valence-corrected chi connectivity index (χ0v) is 11.5. The summed E-state index contributed by atoms with van der Waals surface area (Å²) in [5, 5.41) is 0. The molecule has 0 aliphatic rings. The summed E-state index contributed by atoms with van der Waals surface area (Å²) in [6, 6.07) is 0. The SMILES string of the molecule is CCOCCOCCOP(C)(=O)OC(C)C. The van der Waals surface area contributed by atoms with Crippen molar-refractivity contribution in [3.8, 4) is 0 Å². The van der Waals surface area contributed by atoms with Crippen LogP contribution in [0, 0.1) is 0 Å². The molecule has 0 N–H and O–H groups in total. The van der Waals surface area contributed by atoms with E-state index in [1.807, 2.05) is 20.8 Å². The molecule has 0 rings (SSSR count). The van der Waals surface area contributed by atoms with E-state index < -0.39 is 7.60 Å². The lowest BCUT2D eigenvalue weighted by Crippen LogP contribution is -2.10. The van der Waals surface area contributed by atoms with E-state index in [1.54, 1.807) is 0 Å². The van der Waals surface area contributed by atoms with Crippen LogP contribution in [0.25, 0.3) is 0 Å². The highest BCUT2D eigenvalue weighted by Crippen LogP contribution is 2.44. The maximum Gasteiger partial charge on any atom is 0.327 e. The van der Waals surface area contributed by atoms with Gasteiger partial charge in [0.25, 0.3) is 0 Å². The quantitative estimate of drug-likeness (QED) is 0.442. The minimum Gasteiger partial charge on any atom is -0.379 e. The summed E-state index contributed by atoms with van der Waals surface area (Å²) in [6.45, 7) is 9.48. The summed E-state index contributed by atoms with van der Waals surface area (Å²) in [7, 11) is -2.92. The first kappa shape index (κ1) is 16.1. The molecule has 6 heteroatoms. The van der Waals surface area contributed by atoms with Gasteiger partial charge in [-0.1, -0.05) is 0 Å². The molecule has 5 nitrogen and oxygen atoms in total. The second-order valence-corrected chi connectivity index (χ2v) is 5.58. The van der Waals surface area contributed by atoms with Crippen molar-refractivity contribution >= 4 is 7.60 Å². The van der Waals surface area contributed by atoms with Gasteiger partial charge < -0.3 is 18.5 Å². The summed E-state index contributed by atoms with van der Waals surface area (Å²) in [5.74, 6) is 0. The third kappa shape index (κ3) is 10.6. The van der Waals surface area contributed by atoms with E-state index in [0.29, 0.717) is 26.4 Å². The topological polar surface area (TPSA) is 54.0 Å². The van der Waals surface area contributed by atoms with Crippen LogP contribution < -0.4 is 0 Å². The molecule has 1 atom stereocenters. The largest absolute Gasteiger partial charge is 0.379 e. The molecule has 0 fully saturated rings. The zero-order chi connectivity index (χ0) is 12.4. The number of hydrogen-bond acceptors (Lipinski definition) is 5. The van der Waals surface area contributed by atoms with Crippen LogP contribution in [0.2, 0.25) is 0 Å². The van der Waals surface area contributed by atoms with E-state index in [1.165, 1.54) is 6.66 Å². The maximum absolute atomic E-state index is 11.6. The predicted molar refractivity (Wildman–Crippen MR) is 63.0 cm³/mol. The Morgan fingerprint density at radius 3 is 2.19 bits per heavy atom. The Bertz CT molecular complexity index is 207. The lowest BCUT2D eigenvalue weighted by Gasteiger charge is -2.16. The van der Waals surface area contributed by atoms with Crippen molar-refractivity contribution in [2.24, 2.45) is 0 Å². The highest BCUT2D eigenvalue weighted by molar-refractivity contribution is 7.52. The minimum absolute atomic E-state index is 0.102. The Morgan fingerprint density at radius 1 is 1.06 bits per heavy atom. The van der Waals surface area contributed by atoms with Gasteiger partial charge in [0, 0.05) is 13.3 Å². The Morgan fingerprint density at radius 2 is 1.62 bits per heavy atom. The van der Waals surface area contributed by atoms with Gasteiger partial charge in [-0.05, 0) is 20.8 Å². The van der Waals surface area contributed by atoms with Gasteiger partial charge >= 0.3 is 7.60 Å². The zero-order valence-electron chi connectivity index (χ0n) is 10.6. The molecule has 0 aliphatic heterocycles. The highest BCUT2D eigenvalue weighted by Gasteiger charge is 2.18. The number of ether oxygens (including phenoxy) is 2. The van der Waals surface area contributed by atoms with E-state index >= 15 is 0 Å². The molecule has 0 bridgehead atoms. The average Bonchev–Trinajstić information content (AvgIpc) is 2.14. The molecule has 0 saturated heterocycles. The molecule has 0 aromatic heterocycles. The number of hydrogen-bond donors (Lipinski definition) is 0. The molecule has 0 aromatic carbocycles. The molecule has 0 aromatic rings. The Balaban J connectivity index is 3.40. The van der Waals surface area contributed by atoms with Crippen molar-refractivity contribution < 1.29 is 23.1 Å². The fraction of sp³-hybridized carbons (Fsp3) is 1.00. The van der Waals surface area contributed by atoms with Crippen molar-refractivity contribution in [2.45, 2.75) is 26.9 Å². The summed E-state index contributed by atoms with van der Waals surface area (Å²) in [6.07, 6.45) is -0.102. The highest BCUT2D eigenvalue weighted by atomic mass is 31.2. The Hall–Kier alpha value is 0.0700. The standard InChI is InChI=1S/C10H23O5P/c1-5-12-6-7-13-8-9-14-16(4,11)15-10(2)3/h10H,5-9H2,1-4H3. The molecule has 0 aliphatic carbocycles. The van der Waals surface area contributed by atoms with Gasteiger partial charge in [-0.2, -0.15) is 0 Å². The molecule has 0 amide bonds. The van der Waals surface area contributed by atoms with Crippen LogP contribution in [0.5, 0.6) is 0 Å². The van der Waals surface area contributed by atoms with Crippen LogP contribution in [0.15, 0.2) is 0 Å². The molecule has 0 saturated carbocycles. The van der Waals surface area contributed by atoms with Gasteiger partial charge in [-0.3, -0.25) is 4.57 Å². The molecular weight excluding hydrogens is 231 g/mol. The van der Waals surface area contributed by atoms with E-state index in [4.69, 9.17) is 18.5 Å². The Kier molecular flexibility index (Phi) is 9.18. The van der Waals surface area contributed by atoms with Gasteiger partial charge in [-0.15, -0.1) is 0 Å². The van der Waals surface area contributed by atoms with E-state index in [-0.39, 0.29) is 12.7 Å². The summed E-state index contributed by atoms with van der Waals surface area (Å²) in [5.41, 5.74) is 0. The predicted octanol–water partition coefficient (Wildman–Crippen LogP) is 2.30. The van der Waals surface area contributed by atoms with Gasteiger partial charge in [-0.25, -0.2) is 0 Å². The fourth-order valence-electron chi connectivity index (χ4n) is 1.04. The van der Waals surface area contributed by atoms with Crippen LogP contribution >= 0.6 is 7.60 Å². The van der Waals surface area contributed by atoms with Crippen molar-refractivity contribution in [1.29, 1.82) is 0 Å². The molecule has 0 heterocycles. The molecule has 1 unspecified atom stereocenters. The third-order valence-corrected chi connectivity index (χ3v) is 2.99. The summed E-state index contributed by atoms with van der Waals surface area (Å²) < 4.78 is 32.2. The van der Waals surface area contributed by atoms with Gasteiger partial charge in [0.1, 0.15) is 0 Å². The molecule has 16 heavy (non-hydrogen) atoms. The first-order valence-corrected chi connectivity index (χ1v) is 7.53. The van der Waals surface area contributed by atoms with Crippen molar-refractivity contribution in [2.75, 3.05) is 39.7 Å². The summed E-state index contributed by atoms with van der Waals surface area (Å²) >= 11 is 0. The van der Waals surface area contributed by atoms with Crippen LogP contribution in [-0.4, -0.2) is 45.8 Å². The maximum atomic E-state index is 11.6. The van der Waals surface area contributed by atoms with Crippen molar-refractivity contribution in [3.05, 3.63) is 0 Å². The van der Waals surface area contributed by atoms with Crippen LogP contribution in [-0.2, 0) is 23.1 Å². The average molecular weight is 254 g/mol. The second kappa shape index (κ2) is 9.14. The van der Waals surface area contributed by atoms with Crippen molar-refractivity contribution in [1.82, 2.24) is 0 Å². The molecule has 98 valence electrons. The normalized spacial score (nSPS) is 15.3. The van der Waals surface area contributed by atoms with E-state index in [0.717, 1.165) is 0 Å². The smallest absolute Gasteiger partial charge is 0.327 e. The second-order valence-electron chi connectivity index (χ2n) is 3.57. The lowest BCUT2D eigenvalue weighted by atomic mass is 10.5. The fourth-order valence-corrected chi connectivity index (χ4v) is 2.27. The van der Waals surface area contributed by atoms with Crippen LogP contribution in [0.4, 0.5) is 0 Å². The first-order chi connectivity index (χ1) is 7.48. The van der Waals surface area contributed by atoms with E-state index in [9.17, 15) is 4.57 Å². The first-order valence-electron chi connectivity index (χ1n) is 5.54. The third-order valence-electron chi connectivity index (χ3n) is 1.53. The van der Waals surface area contributed by atoms with Crippen molar-refractivity contribution in [3.63, 3.8) is 0 Å². The van der Waals surface area contributed by atoms with Crippen LogP contribution in [0.1, 0.15) is 20.8 Å². The van der Waals surface area contributed by atoms with E-state index in [2.05, 4.69) is 0 Å². The molecular formula is C10H23O5P. The monoisotopic (exact) mass is 254 g/mol. The molecule has 0 radical (unpaired) electrons. The Labute approximate surface area is 97.9 Å². The van der Waals surface area contributed by atoms with Gasteiger partial charge in [0.15, 0.2) is 0 Å². The molecule has 0 spiro atoms. The van der Waals surface area contributed by atoms with Crippen LogP contribution in [0.3, 0.4) is 0 Å².